The molecule has 1 aromatic heterocycles. The first kappa shape index (κ1) is 15.7. The fourth-order valence-corrected chi connectivity index (χ4v) is 3.50. The van der Waals surface area contributed by atoms with Gasteiger partial charge >= 0.3 is 0 Å². The van der Waals surface area contributed by atoms with Crippen molar-refractivity contribution in [2.75, 3.05) is 14.1 Å². The second-order valence-corrected chi connectivity index (χ2v) is 6.77. The molecule has 2 rings (SSSR count). The van der Waals surface area contributed by atoms with E-state index in [2.05, 4.69) is 30.9 Å². The van der Waals surface area contributed by atoms with E-state index < -0.39 is 6.10 Å². The number of hydrogen-bond donors (Lipinski definition) is 1. The molecule has 1 saturated carbocycles. The first-order valence-corrected chi connectivity index (χ1v) is 7.77. The highest BCUT2D eigenvalue weighted by molar-refractivity contribution is 6.31. The van der Waals surface area contributed by atoms with Crippen LogP contribution in [0.25, 0.3) is 0 Å². The summed E-state index contributed by atoms with van der Waals surface area (Å²) in [6.07, 6.45) is 8.03. The Labute approximate surface area is 127 Å². The maximum atomic E-state index is 10.8. The normalized spacial score (nSPS) is 28.6. The van der Waals surface area contributed by atoms with Crippen molar-refractivity contribution >= 4 is 11.6 Å². The lowest BCUT2D eigenvalue weighted by Gasteiger charge is -2.47. The van der Waals surface area contributed by atoms with Crippen molar-refractivity contribution in [3.8, 4) is 0 Å². The van der Waals surface area contributed by atoms with Crippen molar-refractivity contribution in [2.45, 2.75) is 50.7 Å². The van der Waals surface area contributed by atoms with Gasteiger partial charge in [-0.2, -0.15) is 0 Å². The van der Waals surface area contributed by atoms with E-state index >= 15 is 0 Å². The predicted molar refractivity (Wildman–Crippen MR) is 83.0 cm³/mol. The number of nitrogens with zero attached hydrogens (tertiary/aromatic N) is 2. The van der Waals surface area contributed by atoms with Crippen LogP contribution in [0.2, 0.25) is 5.02 Å². The Hall–Kier alpha value is -0.640. The summed E-state index contributed by atoms with van der Waals surface area (Å²) in [4.78, 5) is 6.21. The first-order chi connectivity index (χ1) is 9.45. The molecule has 1 N–H and O–H groups in total. The molecule has 3 nitrogen and oxygen atoms in total. The minimum absolute atomic E-state index is 0.126. The summed E-state index contributed by atoms with van der Waals surface area (Å²) in [7, 11) is 4.15. The smallest absolute Gasteiger partial charge is 0.0764 e. The maximum Gasteiger partial charge on any atom is 0.0764 e. The van der Waals surface area contributed by atoms with Crippen LogP contribution in [0.15, 0.2) is 18.5 Å². The minimum atomic E-state index is -0.398. The molecule has 1 atom stereocenters. The van der Waals surface area contributed by atoms with Crippen molar-refractivity contribution in [2.24, 2.45) is 5.92 Å². The molecular weight excluding hydrogens is 272 g/mol. The van der Waals surface area contributed by atoms with Gasteiger partial charge in [0.15, 0.2) is 0 Å². The molecule has 0 saturated heterocycles. The van der Waals surface area contributed by atoms with E-state index in [-0.39, 0.29) is 5.54 Å². The van der Waals surface area contributed by atoms with E-state index in [0.29, 0.717) is 11.4 Å². The highest BCUT2D eigenvalue weighted by Gasteiger charge is 2.42. The van der Waals surface area contributed by atoms with Gasteiger partial charge in [-0.25, -0.2) is 0 Å². The van der Waals surface area contributed by atoms with Gasteiger partial charge in [-0.15, -0.1) is 0 Å². The van der Waals surface area contributed by atoms with Gasteiger partial charge in [-0.3, -0.25) is 4.98 Å². The Balaban J connectivity index is 2.16. The quantitative estimate of drug-likeness (QED) is 0.927. The number of aliphatic hydroxyl groups is 1. The summed E-state index contributed by atoms with van der Waals surface area (Å²) >= 11 is 6.17. The molecule has 0 radical (unpaired) electrons. The van der Waals surface area contributed by atoms with Crippen LogP contribution in [0.5, 0.6) is 0 Å². The van der Waals surface area contributed by atoms with E-state index in [9.17, 15) is 5.11 Å². The summed E-state index contributed by atoms with van der Waals surface area (Å²) in [5, 5.41) is 11.5. The number of aromatic nitrogens is 1. The second-order valence-electron chi connectivity index (χ2n) is 6.37. The molecule has 20 heavy (non-hydrogen) atoms. The number of likely N-dealkylation sites (N-methyl/N-ethyl adjacent to an activating group) is 1. The monoisotopic (exact) mass is 296 g/mol. The number of hydrogen-bond acceptors (Lipinski definition) is 3. The molecule has 0 aromatic carbocycles. The zero-order valence-corrected chi connectivity index (χ0v) is 13.4. The predicted octanol–water partition coefficient (Wildman–Crippen LogP) is 3.15. The van der Waals surface area contributed by atoms with Crippen LogP contribution in [0.1, 0.15) is 38.2 Å². The van der Waals surface area contributed by atoms with E-state index in [4.69, 9.17) is 11.6 Å². The van der Waals surface area contributed by atoms with Crippen LogP contribution in [0.4, 0.5) is 0 Å². The lowest BCUT2D eigenvalue weighted by molar-refractivity contribution is -0.0382. The number of halogens is 1. The lowest BCUT2D eigenvalue weighted by Crippen LogP contribution is -2.56. The third-order valence-corrected chi connectivity index (χ3v) is 5.26. The SMILES string of the molecule is CC1CCC(C(O)Cc2ccncc2Cl)(N(C)C)CC1. The van der Waals surface area contributed by atoms with Crippen LogP contribution >= 0.6 is 11.6 Å². The fraction of sp³-hybridized carbons (Fsp3) is 0.688. The molecular formula is C16H25ClN2O. The fourth-order valence-electron chi connectivity index (χ4n) is 3.31. The topological polar surface area (TPSA) is 36.4 Å². The van der Waals surface area contributed by atoms with Gasteiger partial charge in [0.25, 0.3) is 0 Å². The molecule has 0 bridgehead atoms. The van der Waals surface area contributed by atoms with E-state index in [1.54, 1.807) is 12.4 Å². The van der Waals surface area contributed by atoms with Crippen molar-refractivity contribution in [3.05, 3.63) is 29.0 Å². The van der Waals surface area contributed by atoms with Gasteiger partial charge in [-0.1, -0.05) is 18.5 Å². The Morgan fingerprint density at radius 3 is 2.65 bits per heavy atom. The molecule has 1 fully saturated rings. The third-order valence-electron chi connectivity index (χ3n) is 4.92. The Morgan fingerprint density at radius 1 is 1.45 bits per heavy atom. The summed E-state index contributed by atoms with van der Waals surface area (Å²) in [5.74, 6) is 0.764. The maximum absolute atomic E-state index is 10.8. The largest absolute Gasteiger partial charge is 0.391 e. The van der Waals surface area contributed by atoms with Crippen molar-refractivity contribution in [1.29, 1.82) is 0 Å². The highest BCUT2D eigenvalue weighted by atomic mass is 35.5. The van der Waals surface area contributed by atoms with Crippen LogP contribution < -0.4 is 0 Å². The molecule has 4 heteroatoms. The van der Waals surface area contributed by atoms with Gasteiger partial charge in [0.05, 0.1) is 11.1 Å². The standard InChI is InChI=1S/C16H25ClN2O/c1-12-4-7-16(8-5-12,19(2)3)15(20)10-13-6-9-18-11-14(13)17/h6,9,11-12,15,20H,4-5,7-8,10H2,1-3H3. The summed E-state index contributed by atoms with van der Waals surface area (Å²) in [6.45, 7) is 2.30. The summed E-state index contributed by atoms with van der Waals surface area (Å²) in [5.41, 5.74) is 0.855. The molecule has 1 aromatic rings. The first-order valence-electron chi connectivity index (χ1n) is 7.39. The van der Waals surface area contributed by atoms with E-state index in [1.165, 1.54) is 12.8 Å². The number of rotatable bonds is 4. The molecule has 1 aliphatic rings. The van der Waals surface area contributed by atoms with Crippen LogP contribution in [-0.4, -0.2) is 40.7 Å². The molecule has 1 unspecified atom stereocenters. The van der Waals surface area contributed by atoms with Gasteiger partial charge in [0, 0.05) is 24.4 Å². The summed E-state index contributed by atoms with van der Waals surface area (Å²) in [6, 6.07) is 1.90. The van der Waals surface area contributed by atoms with E-state index in [0.717, 1.165) is 24.3 Å². The van der Waals surface area contributed by atoms with Crippen molar-refractivity contribution < 1.29 is 5.11 Å². The Morgan fingerprint density at radius 2 is 2.10 bits per heavy atom. The van der Waals surface area contributed by atoms with Crippen LogP contribution in [0, 0.1) is 5.92 Å². The molecule has 1 heterocycles. The van der Waals surface area contributed by atoms with Crippen molar-refractivity contribution in [3.63, 3.8) is 0 Å². The third kappa shape index (κ3) is 3.16. The lowest BCUT2D eigenvalue weighted by atomic mass is 9.72. The Bertz CT molecular complexity index is 442. The van der Waals surface area contributed by atoms with Gasteiger partial charge < -0.3 is 10.0 Å². The molecule has 0 amide bonds. The molecule has 0 spiro atoms. The van der Waals surface area contributed by atoms with Crippen LogP contribution in [0.3, 0.4) is 0 Å². The number of pyridine rings is 1. The minimum Gasteiger partial charge on any atom is -0.391 e. The average molecular weight is 297 g/mol. The molecule has 0 aliphatic heterocycles. The van der Waals surface area contributed by atoms with Gasteiger partial charge in [-0.05, 0) is 57.3 Å². The van der Waals surface area contributed by atoms with Gasteiger partial charge in [0.1, 0.15) is 0 Å². The molecule has 1 aliphatic carbocycles. The van der Waals surface area contributed by atoms with Crippen LogP contribution in [-0.2, 0) is 6.42 Å². The average Bonchev–Trinajstić information content (AvgIpc) is 2.42. The zero-order chi connectivity index (χ0) is 14.8. The second kappa shape index (κ2) is 6.42. The van der Waals surface area contributed by atoms with E-state index in [1.807, 2.05) is 6.07 Å². The zero-order valence-electron chi connectivity index (χ0n) is 12.6. The van der Waals surface area contributed by atoms with Gasteiger partial charge in [0.2, 0.25) is 0 Å². The van der Waals surface area contributed by atoms with Crippen molar-refractivity contribution in [1.82, 2.24) is 9.88 Å². The number of aliphatic hydroxyl groups excluding tert-OH is 1. The highest BCUT2D eigenvalue weighted by Crippen LogP contribution is 2.39. The molecule has 112 valence electrons. The Kier molecular flexibility index (Phi) is 5.05. The summed E-state index contributed by atoms with van der Waals surface area (Å²) < 4.78 is 0.